The second kappa shape index (κ2) is 4.92. The highest BCUT2D eigenvalue weighted by Gasteiger charge is 2.34. The highest BCUT2D eigenvalue weighted by atomic mass is 19.4. The van der Waals surface area contributed by atoms with Gasteiger partial charge in [-0.3, -0.25) is 15.1 Å². The van der Waals surface area contributed by atoms with Gasteiger partial charge < -0.3 is 0 Å². The Kier molecular flexibility index (Phi) is 3.44. The van der Waals surface area contributed by atoms with Crippen LogP contribution in [0.15, 0.2) is 36.5 Å². The van der Waals surface area contributed by atoms with Crippen LogP contribution in [0.5, 0.6) is 0 Å². The molecule has 0 bridgehead atoms. The first-order valence-corrected chi connectivity index (χ1v) is 5.58. The van der Waals surface area contributed by atoms with Crippen molar-refractivity contribution in [2.75, 3.05) is 0 Å². The van der Waals surface area contributed by atoms with E-state index in [0.717, 1.165) is 12.1 Å². The van der Waals surface area contributed by atoms with Gasteiger partial charge in [-0.15, -0.1) is 0 Å². The van der Waals surface area contributed by atoms with Gasteiger partial charge in [0.25, 0.3) is 5.69 Å². The van der Waals surface area contributed by atoms with E-state index in [4.69, 9.17) is 0 Å². The zero-order valence-corrected chi connectivity index (χ0v) is 10.3. The Labute approximate surface area is 112 Å². The van der Waals surface area contributed by atoms with Crippen LogP contribution in [0.25, 0.3) is 11.3 Å². The topological polar surface area (TPSA) is 56.0 Å². The fraction of sp³-hybridized carbons (Fsp3) is 0.154. The van der Waals surface area contributed by atoms with Gasteiger partial charge in [-0.05, 0) is 19.1 Å². The van der Waals surface area contributed by atoms with Crippen molar-refractivity contribution in [3.05, 3.63) is 57.8 Å². The number of aromatic nitrogens is 1. The van der Waals surface area contributed by atoms with Crippen LogP contribution in [0, 0.1) is 17.0 Å². The molecule has 0 unspecified atom stereocenters. The summed E-state index contributed by atoms with van der Waals surface area (Å²) in [5.41, 5.74) is -1.03. The monoisotopic (exact) mass is 282 g/mol. The molecule has 2 aromatic rings. The van der Waals surface area contributed by atoms with Gasteiger partial charge in [-0.1, -0.05) is 12.1 Å². The molecule has 0 fully saturated rings. The molecule has 0 amide bonds. The van der Waals surface area contributed by atoms with Gasteiger partial charge in [-0.2, -0.15) is 13.2 Å². The molecule has 2 rings (SSSR count). The predicted octanol–water partition coefficient (Wildman–Crippen LogP) is 3.98. The molecular formula is C13H9F3N2O2. The molecule has 0 aliphatic carbocycles. The lowest BCUT2D eigenvalue weighted by atomic mass is 10.0. The first kappa shape index (κ1) is 14.0. The fourth-order valence-electron chi connectivity index (χ4n) is 1.82. The molecule has 20 heavy (non-hydrogen) atoms. The lowest BCUT2D eigenvalue weighted by molar-refractivity contribution is -0.385. The van der Waals surface area contributed by atoms with Crippen LogP contribution in [-0.4, -0.2) is 9.91 Å². The molecule has 104 valence electrons. The smallest absolute Gasteiger partial charge is 0.258 e. The summed E-state index contributed by atoms with van der Waals surface area (Å²) in [6.45, 7) is 1.52. The third-order valence-electron chi connectivity index (χ3n) is 2.79. The van der Waals surface area contributed by atoms with E-state index in [1.165, 1.54) is 31.3 Å². The lowest BCUT2D eigenvalue weighted by Gasteiger charge is -2.11. The third-order valence-corrected chi connectivity index (χ3v) is 2.79. The third kappa shape index (κ3) is 2.61. The number of nitro benzene ring substituents is 1. The Morgan fingerprint density at radius 2 is 1.95 bits per heavy atom. The largest absolute Gasteiger partial charge is 0.418 e. The van der Waals surface area contributed by atoms with Crippen LogP contribution in [0.1, 0.15) is 11.1 Å². The van der Waals surface area contributed by atoms with E-state index in [-0.39, 0.29) is 16.9 Å². The summed E-state index contributed by atoms with van der Waals surface area (Å²) in [4.78, 5) is 13.9. The molecule has 0 saturated heterocycles. The Morgan fingerprint density at radius 1 is 1.25 bits per heavy atom. The van der Waals surface area contributed by atoms with Crippen LogP contribution in [0.2, 0.25) is 0 Å². The summed E-state index contributed by atoms with van der Waals surface area (Å²) in [5, 5.41) is 10.9. The van der Waals surface area contributed by atoms with Gasteiger partial charge in [0.05, 0.1) is 16.2 Å². The molecule has 1 aromatic carbocycles. The van der Waals surface area contributed by atoms with Crippen molar-refractivity contribution in [3.63, 3.8) is 0 Å². The second-order valence-corrected chi connectivity index (χ2v) is 4.16. The van der Waals surface area contributed by atoms with Crippen molar-refractivity contribution < 1.29 is 18.1 Å². The molecule has 1 aromatic heterocycles. The number of nitro groups is 1. The summed E-state index contributed by atoms with van der Waals surface area (Å²) < 4.78 is 38.7. The SMILES string of the molecule is Cc1ccc(-c2ncccc2C(F)(F)F)cc1[N+](=O)[O-]. The molecule has 7 heteroatoms. The standard InChI is InChI=1S/C13H9F3N2O2/c1-8-4-5-9(7-11(8)18(19)20)12-10(13(14,15)16)3-2-6-17-12/h2-7H,1H3. The summed E-state index contributed by atoms with van der Waals surface area (Å²) in [7, 11) is 0. The number of pyridine rings is 1. The first-order valence-electron chi connectivity index (χ1n) is 5.58. The highest BCUT2D eigenvalue weighted by molar-refractivity contribution is 5.67. The molecule has 1 heterocycles. The molecule has 0 saturated carbocycles. The normalized spacial score (nSPS) is 11.4. The summed E-state index contributed by atoms with van der Waals surface area (Å²) in [5.74, 6) is 0. The van der Waals surface area contributed by atoms with Crippen molar-refractivity contribution in [1.29, 1.82) is 0 Å². The Morgan fingerprint density at radius 3 is 2.55 bits per heavy atom. The molecule has 4 nitrogen and oxygen atoms in total. The van der Waals surface area contributed by atoms with Crippen LogP contribution < -0.4 is 0 Å². The van der Waals surface area contributed by atoms with Crippen LogP contribution in [-0.2, 0) is 6.18 Å². The maximum absolute atomic E-state index is 12.9. The minimum absolute atomic E-state index is 0.0650. The zero-order chi connectivity index (χ0) is 14.9. The molecule has 0 atom stereocenters. The number of nitrogens with zero attached hydrogens (tertiary/aromatic N) is 2. The average molecular weight is 282 g/mol. The Bertz CT molecular complexity index is 669. The van der Waals surface area contributed by atoms with Crippen molar-refractivity contribution in [2.24, 2.45) is 0 Å². The minimum Gasteiger partial charge on any atom is -0.258 e. The van der Waals surface area contributed by atoms with Gasteiger partial charge >= 0.3 is 6.18 Å². The molecule has 0 spiro atoms. The Hall–Kier alpha value is -2.44. The van der Waals surface area contributed by atoms with Gasteiger partial charge in [0.15, 0.2) is 0 Å². The van der Waals surface area contributed by atoms with E-state index in [2.05, 4.69) is 4.98 Å². The summed E-state index contributed by atoms with van der Waals surface area (Å²) >= 11 is 0. The van der Waals surface area contributed by atoms with E-state index < -0.39 is 16.7 Å². The molecular weight excluding hydrogens is 273 g/mol. The number of halogens is 3. The van der Waals surface area contributed by atoms with Crippen molar-refractivity contribution in [2.45, 2.75) is 13.1 Å². The van der Waals surface area contributed by atoms with Gasteiger partial charge in [0.2, 0.25) is 0 Å². The minimum atomic E-state index is -4.57. The van der Waals surface area contributed by atoms with E-state index in [1.54, 1.807) is 0 Å². The Balaban J connectivity index is 2.64. The maximum Gasteiger partial charge on any atom is 0.418 e. The quantitative estimate of drug-likeness (QED) is 0.618. The fourth-order valence-corrected chi connectivity index (χ4v) is 1.82. The number of hydrogen-bond acceptors (Lipinski definition) is 3. The van der Waals surface area contributed by atoms with Crippen molar-refractivity contribution >= 4 is 5.69 Å². The molecule has 0 radical (unpaired) electrons. The van der Waals surface area contributed by atoms with Gasteiger partial charge in [0, 0.05) is 23.4 Å². The molecule has 0 aliphatic rings. The number of aryl methyl sites for hydroxylation is 1. The second-order valence-electron chi connectivity index (χ2n) is 4.16. The van der Waals surface area contributed by atoms with Crippen molar-refractivity contribution in [1.82, 2.24) is 4.98 Å². The lowest BCUT2D eigenvalue weighted by Crippen LogP contribution is -2.08. The summed E-state index contributed by atoms with van der Waals surface area (Å²) in [6, 6.07) is 5.97. The van der Waals surface area contributed by atoms with Crippen LogP contribution in [0.4, 0.5) is 18.9 Å². The van der Waals surface area contributed by atoms with Crippen LogP contribution >= 0.6 is 0 Å². The van der Waals surface area contributed by atoms with Crippen molar-refractivity contribution in [3.8, 4) is 11.3 Å². The maximum atomic E-state index is 12.9. The van der Waals surface area contributed by atoms with Crippen LogP contribution in [0.3, 0.4) is 0 Å². The number of benzene rings is 1. The average Bonchev–Trinajstić information content (AvgIpc) is 2.38. The van der Waals surface area contributed by atoms with Gasteiger partial charge in [-0.25, -0.2) is 0 Å². The van der Waals surface area contributed by atoms with E-state index in [0.29, 0.717) is 5.56 Å². The number of hydrogen-bond donors (Lipinski definition) is 0. The number of alkyl halides is 3. The summed E-state index contributed by atoms with van der Waals surface area (Å²) in [6.07, 6.45) is -3.35. The molecule has 0 N–H and O–H groups in total. The first-order chi connectivity index (χ1) is 9.30. The predicted molar refractivity (Wildman–Crippen MR) is 66.1 cm³/mol. The van der Waals surface area contributed by atoms with E-state index >= 15 is 0 Å². The van der Waals surface area contributed by atoms with E-state index in [9.17, 15) is 23.3 Å². The zero-order valence-electron chi connectivity index (χ0n) is 10.3. The van der Waals surface area contributed by atoms with Gasteiger partial charge in [0.1, 0.15) is 0 Å². The highest BCUT2D eigenvalue weighted by Crippen LogP contribution is 2.36. The number of rotatable bonds is 2. The molecule has 0 aliphatic heterocycles. The van der Waals surface area contributed by atoms with E-state index in [1.807, 2.05) is 0 Å².